The third-order valence-electron chi connectivity index (χ3n) is 4.83. The van der Waals surface area contributed by atoms with Crippen LogP contribution in [0.1, 0.15) is 29.1 Å². The number of amides is 1. The Hall–Kier alpha value is -2.38. The van der Waals surface area contributed by atoms with Gasteiger partial charge in [0.15, 0.2) is 0 Å². The molecule has 1 aromatic carbocycles. The molecular formula is C19H23ClFN5O. The number of benzene rings is 1. The van der Waals surface area contributed by atoms with Crippen molar-refractivity contribution < 1.29 is 9.18 Å². The molecule has 4 rings (SSSR count). The van der Waals surface area contributed by atoms with Gasteiger partial charge in [0.2, 0.25) is 5.91 Å². The quantitative estimate of drug-likeness (QED) is 0.640. The molecule has 2 aromatic heterocycles. The zero-order valence-corrected chi connectivity index (χ0v) is 16.0. The molecular weight excluding hydrogens is 369 g/mol. The fraction of sp³-hybridized carbons (Fsp3) is 0.368. The van der Waals surface area contributed by atoms with Gasteiger partial charge in [0.25, 0.3) is 0 Å². The highest BCUT2D eigenvalue weighted by atomic mass is 35.5. The van der Waals surface area contributed by atoms with Crippen molar-refractivity contribution in [3.63, 3.8) is 0 Å². The van der Waals surface area contributed by atoms with E-state index in [1.54, 1.807) is 6.07 Å². The largest absolute Gasteiger partial charge is 0.358 e. The first-order chi connectivity index (χ1) is 12.6. The Kier molecular flexibility index (Phi) is 5.82. The number of carbonyl (C=O) groups excluding carboxylic acids is 1. The SMILES string of the molecule is Cc1[nH]c2ccc(F)cc2c1CC(=O)NCc1cc2n(n1)CCCNC2.Cl. The van der Waals surface area contributed by atoms with E-state index in [1.807, 2.05) is 17.7 Å². The number of aromatic nitrogens is 3. The number of carbonyl (C=O) groups is 1. The van der Waals surface area contributed by atoms with Gasteiger partial charge in [-0.05, 0) is 49.7 Å². The maximum atomic E-state index is 13.5. The molecule has 0 saturated carbocycles. The second-order valence-corrected chi connectivity index (χ2v) is 6.75. The maximum absolute atomic E-state index is 13.5. The minimum atomic E-state index is -0.300. The third-order valence-corrected chi connectivity index (χ3v) is 4.83. The van der Waals surface area contributed by atoms with Gasteiger partial charge in [-0.15, -0.1) is 12.4 Å². The zero-order valence-electron chi connectivity index (χ0n) is 15.1. The molecule has 1 aliphatic rings. The monoisotopic (exact) mass is 391 g/mol. The number of hydrogen-bond acceptors (Lipinski definition) is 3. The number of H-pyrrole nitrogens is 1. The smallest absolute Gasteiger partial charge is 0.224 e. The van der Waals surface area contributed by atoms with Gasteiger partial charge in [-0.3, -0.25) is 9.48 Å². The highest BCUT2D eigenvalue weighted by molar-refractivity contribution is 5.90. The first-order valence-corrected chi connectivity index (χ1v) is 8.90. The molecule has 0 aliphatic carbocycles. The Balaban J connectivity index is 0.00000210. The summed E-state index contributed by atoms with van der Waals surface area (Å²) in [5, 5.41) is 11.6. The van der Waals surface area contributed by atoms with Crippen molar-refractivity contribution in [2.24, 2.45) is 0 Å². The molecule has 0 atom stereocenters. The number of nitrogens with one attached hydrogen (secondary N) is 3. The van der Waals surface area contributed by atoms with Gasteiger partial charge in [-0.2, -0.15) is 5.10 Å². The van der Waals surface area contributed by atoms with E-state index in [-0.39, 0.29) is 30.6 Å². The van der Waals surface area contributed by atoms with Gasteiger partial charge in [-0.25, -0.2) is 4.39 Å². The lowest BCUT2D eigenvalue weighted by Gasteiger charge is -2.04. The molecule has 0 saturated heterocycles. The van der Waals surface area contributed by atoms with Crippen LogP contribution in [0.25, 0.3) is 10.9 Å². The van der Waals surface area contributed by atoms with Gasteiger partial charge < -0.3 is 15.6 Å². The minimum absolute atomic E-state index is 0. The van der Waals surface area contributed by atoms with Crippen molar-refractivity contribution in [2.45, 2.75) is 39.4 Å². The van der Waals surface area contributed by atoms with E-state index in [1.165, 1.54) is 12.1 Å². The predicted octanol–water partition coefficient (Wildman–Crippen LogP) is 2.59. The number of hydrogen-bond donors (Lipinski definition) is 3. The summed E-state index contributed by atoms with van der Waals surface area (Å²) in [5.41, 5.74) is 4.58. The fourth-order valence-corrected chi connectivity index (χ4v) is 3.50. The van der Waals surface area contributed by atoms with Crippen LogP contribution in [0.2, 0.25) is 0 Å². The van der Waals surface area contributed by atoms with E-state index >= 15 is 0 Å². The average Bonchev–Trinajstić information content (AvgIpc) is 3.06. The molecule has 3 N–H and O–H groups in total. The molecule has 0 unspecified atom stereocenters. The van der Waals surface area contributed by atoms with Crippen LogP contribution in [-0.4, -0.2) is 27.2 Å². The Morgan fingerprint density at radius 3 is 3.07 bits per heavy atom. The zero-order chi connectivity index (χ0) is 18.1. The fourth-order valence-electron chi connectivity index (χ4n) is 3.50. The van der Waals surface area contributed by atoms with Crippen LogP contribution in [0.15, 0.2) is 24.3 Å². The molecule has 8 heteroatoms. The Morgan fingerprint density at radius 2 is 2.22 bits per heavy atom. The molecule has 3 heterocycles. The normalized spacial score (nSPS) is 13.7. The number of halogens is 2. The van der Waals surface area contributed by atoms with Crippen molar-refractivity contribution in [1.82, 2.24) is 25.4 Å². The standard InChI is InChI=1S/C19H22FN5O.ClH/c1-12-16(17-7-13(20)3-4-18(17)23-12)9-19(26)22-10-14-8-15-11-21-5-2-6-25(15)24-14;/h3-4,7-8,21,23H,2,5-6,9-11H2,1H3,(H,22,26);1H. The molecule has 1 amide bonds. The van der Waals surface area contributed by atoms with Crippen LogP contribution in [-0.2, 0) is 30.8 Å². The second kappa shape index (κ2) is 8.10. The summed E-state index contributed by atoms with van der Waals surface area (Å²) >= 11 is 0. The number of fused-ring (bicyclic) bond motifs is 2. The van der Waals surface area contributed by atoms with E-state index < -0.39 is 0 Å². The molecule has 0 radical (unpaired) electrons. The molecule has 0 bridgehead atoms. The van der Waals surface area contributed by atoms with E-state index in [0.29, 0.717) is 6.54 Å². The first-order valence-electron chi connectivity index (χ1n) is 8.90. The van der Waals surface area contributed by atoms with Crippen molar-refractivity contribution in [3.8, 4) is 0 Å². The Morgan fingerprint density at radius 1 is 1.37 bits per heavy atom. The summed E-state index contributed by atoms with van der Waals surface area (Å²) in [6.07, 6.45) is 1.27. The van der Waals surface area contributed by atoms with Gasteiger partial charge in [-0.1, -0.05) is 0 Å². The lowest BCUT2D eigenvalue weighted by atomic mass is 10.1. The second-order valence-electron chi connectivity index (χ2n) is 6.75. The summed E-state index contributed by atoms with van der Waals surface area (Å²) < 4.78 is 15.6. The van der Waals surface area contributed by atoms with E-state index in [2.05, 4.69) is 20.7 Å². The van der Waals surface area contributed by atoms with Gasteiger partial charge in [0.1, 0.15) is 5.82 Å². The van der Waals surface area contributed by atoms with Crippen molar-refractivity contribution >= 4 is 29.2 Å². The molecule has 0 fully saturated rings. The van der Waals surface area contributed by atoms with Crippen LogP contribution >= 0.6 is 12.4 Å². The summed E-state index contributed by atoms with van der Waals surface area (Å²) in [7, 11) is 0. The number of aromatic amines is 1. The van der Waals surface area contributed by atoms with E-state index in [4.69, 9.17) is 0 Å². The lowest BCUT2D eigenvalue weighted by Crippen LogP contribution is -2.25. The van der Waals surface area contributed by atoms with Crippen molar-refractivity contribution in [2.75, 3.05) is 6.54 Å². The number of nitrogens with zero attached hydrogens (tertiary/aromatic N) is 2. The van der Waals surface area contributed by atoms with Gasteiger partial charge >= 0.3 is 0 Å². The molecule has 144 valence electrons. The minimum Gasteiger partial charge on any atom is -0.358 e. The molecule has 6 nitrogen and oxygen atoms in total. The lowest BCUT2D eigenvalue weighted by molar-refractivity contribution is -0.120. The Bertz CT molecular complexity index is 941. The molecule has 3 aromatic rings. The van der Waals surface area contributed by atoms with Crippen LogP contribution in [0.3, 0.4) is 0 Å². The number of aryl methyl sites for hydroxylation is 2. The Labute approximate surface area is 162 Å². The van der Waals surface area contributed by atoms with Crippen LogP contribution in [0, 0.1) is 12.7 Å². The molecule has 0 spiro atoms. The van der Waals surface area contributed by atoms with E-state index in [0.717, 1.165) is 59.6 Å². The molecule has 27 heavy (non-hydrogen) atoms. The van der Waals surface area contributed by atoms with Gasteiger partial charge in [0, 0.05) is 29.7 Å². The summed E-state index contributed by atoms with van der Waals surface area (Å²) in [6.45, 7) is 5.01. The topological polar surface area (TPSA) is 74.7 Å². The van der Waals surface area contributed by atoms with Crippen LogP contribution in [0.5, 0.6) is 0 Å². The molecule has 1 aliphatic heterocycles. The van der Waals surface area contributed by atoms with Crippen molar-refractivity contribution in [3.05, 3.63) is 52.7 Å². The predicted molar refractivity (Wildman–Crippen MR) is 104 cm³/mol. The summed E-state index contributed by atoms with van der Waals surface area (Å²) in [4.78, 5) is 15.6. The van der Waals surface area contributed by atoms with Crippen LogP contribution in [0.4, 0.5) is 4.39 Å². The summed E-state index contributed by atoms with van der Waals surface area (Å²) in [6, 6.07) is 6.62. The third kappa shape index (κ3) is 4.14. The van der Waals surface area contributed by atoms with E-state index in [9.17, 15) is 9.18 Å². The van der Waals surface area contributed by atoms with Crippen LogP contribution < -0.4 is 10.6 Å². The number of rotatable bonds is 4. The maximum Gasteiger partial charge on any atom is 0.224 e. The highest BCUT2D eigenvalue weighted by Gasteiger charge is 2.15. The highest BCUT2D eigenvalue weighted by Crippen LogP contribution is 2.23. The van der Waals surface area contributed by atoms with Crippen molar-refractivity contribution in [1.29, 1.82) is 0 Å². The average molecular weight is 392 g/mol. The summed E-state index contributed by atoms with van der Waals surface area (Å²) in [5.74, 6) is -0.397. The first kappa shape index (κ1) is 19.4. The van der Waals surface area contributed by atoms with Gasteiger partial charge in [0.05, 0.1) is 24.4 Å².